The van der Waals surface area contributed by atoms with Crippen molar-refractivity contribution in [2.75, 3.05) is 25.9 Å². The minimum Gasteiger partial charge on any atom is -0.445 e. The van der Waals surface area contributed by atoms with Gasteiger partial charge in [0.15, 0.2) is 0 Å². The average molecular weight is 588 g/mol. The van der Waals surface area contributed by atoms with Crippen molar-refractivity contribution in [3.63, 3.8) is 0 Å². The van der Waals surface area contributed by atoms with Crippen LogP contribution in [0.4, 0.5) is 4.79 Å². The first kappa shape index (κ1) is 29.0. The van der Waals surface area contributed by atoms with Gasteiger partial charge >= 0.3 is 13.2 Å². The van der Waals surface area contributed by atoms with Gasteiger partial charge in [-0.1, -0.05) is 44.2 Å². The van der Waals surface area contributed by atoms with Gasteiger partial charge in [0.1, 0.15) is 6.61 Å². The third kappa shape index (κ3) is 5.19. The molecule has 6 fully saturated rings. The Morgan fingerprint density at radius 3 is 2.59 bits per heavy atom. The van der Waals surface area contributed by atoms with Crippen LogP contribution in [0.2, 0.25) is 0 Å². The van der Waals surface area contributed by atoms with E-state index in [1.54, 1.807) is 0 Å². The number of carbonyl (C=O) groups is 2. The van der Waals surface area contributed by atoms with Gasteiger partial charge in [-0.15, -0.1) is 0 Å². The van der Waals surface area contributed by atoms with Crippen LogP contribution in [-0.2, 0) is 35.5 Å². The lowest BCUT2D eigenvalue weighted by Gasteiger charge is -2.64. The second kappa shape index (κ2) is 10.5. The topological polar surface area (TPSA) is 114 Å². The molecule has 224 valence electrons. The molecule has 3 saturated heterocycles. The largest absolute Gasteiger partial charge is 0.481 e. The van der Waals surface area contributed by atoms with Crippen molar-refractivity contribution in [2.24, 2.45) is 23.2 Å². The lowest BCUT2D eigenvalue weighted by Crippen LogP contribution is -2.65. The van der Waals surface area contributed by atoms with Crippen LogP contribution in [0.3, 0.4) is 0 Å². The summed E-state index contributed by atoms with van der Waals surface area (Å²) in [5.74, 6) is -0.108. The highest BCUT2D eigenvalue weighted by Gasteiger charge is 2.69. The van der Waals surface area contributed by atoms with Crippen LogP contribution in [0, 0.1) is 23.2 Å². The van der Waals surface area contributed by atoms with Crippen molar-refractivity contribution in [2.45, 2.75) is 83.2 Å². The van der Waals surface area contributed by atoms with Crippen LogP contribution in [0.1, 0.15) is 58.4 Å². The molecule has 0 unspecified atom stereocenters. The van der Waals surface area contributed by atoms with E-state index in [1.807, 2.05) is 35.2 Å². The van der Waals surface area contributed by atoms with Gasteiger partial charge in [0.25, 0.3) is 0 Å². The molecule has 3 saturated carbocycles. The predicted octanol–water partition coefficient (Wildman–Crippen LogP) is 2.82. The molecule has 12 heteroatoms. The summed E-state index contributed by atoms with van der Waals surface area (Å²) in [6.45, 7) is 7.71. The lowest BCUT2D eigenvalue weighted by molar-refractivity contribution is -0.199. The van der Waals surface area contributed by atoms with E-state index >= 15 is 0 Å². The fourth-order valence-corrected chi connectivity index (χ4v) is 9.06. The van der Waals surface area contributed by atoms with E-state index in [0.29, 0.717) is 24.8 Å². The van der Waals surface area contributed by atoms with E-state index in [1.165, 1.54) is 4.31 Å². The molecule has 7 rings (SSSR count). The molecular weight excluding hydrogens is 545 g/mol. The Bertz CT molecular complexity index is 1280. The van der Waals surface area contributed by atoms with Crippen molar-refractivity contribution >= 4 is 29.1 Å². The van der Waals surface area contributed by atoms with E-state index in [2.05, 4.69) is 26.1 Å². The Balaban J connectivity index is 1.16. The van der Waals surface area contributed by atoms with Crippen molar-refractivity contribution in [3.8, 4) is 0 Å². The molecule has 0 spiro atoms. The van der Waals surface area contributed by atoms with Gasteiger partial charge in [0.2, 0.25) is 15.9 Å². The smallest absolute Gasteiger partial charge is 0.445 e. The SMILES string of the molecule is CC1(C)[C@@H]2C[C@H]3OB([C@@H]4CCCN4C(=O)[C@@H]4CN(S(C)(=O)=O)CC[C@H]4NC(=O)OCc4ccccc4)O[C@@]3(C)[C@H]1C2. The first-order valence-electron chi connectivity index (χ1n) is 14.9. The quantitative estimate of drug-likeness (QED) is 0.510. The highest BCUT2D eigenvalue weighted by atomic mass is 32.2. The molecule has 7 atom stereocenters. The summed E-state index contributed by atoms with van der Waals surface area (Å²) in [5.41, 5.74) is 0.707. The molecule has 1 aromatic carbocycles. The molecule has 3 aliphatic carbocycles. The van der Waals surface area contributed by atoms with Crippen LogP contribution in [0.25, 0.3) is 0 Å². The Kier molecular flexibility index (Phi) is 7.44. The number of amides is 2. The fraction of sp³-hybridized carbons (Fsp3) is 0.724. The first-order chi connectivity index (χ1) is 19.4. The van der Waals surface area contributed by atoms with Crippen molar-refractivity contribution < 1.29 is 32.1 Å². The second-order valence-corrected chi connectivity index (χ2v) is 15.4. The van der Waals surface area contributed by atoms with Crippen LogP contribution in [0.5, 0.6) is 0 Å². The molecule has 1 N–H and O–H groups in total. The average Bonchev–Trinajstić information content (AvgIpc) is 3.55. The van der Waals surface area contributed by atoms with Crippen LogP contribution < -0.4 is 5.32 Å². The zero-order valence-corrected chi connectivity index (χ0v) is 25.3. The Morgan fingerprint density at radius 1 is 1.12 bits per heavy atom. The van der Waals surface area contributed by atoms with E-state index in [4.69, 9.17) is 14.0 Å². The minimum atomic E-state index is -3.51. The lowest BCUT2D eigenvalue weighted by atomic mass is 9.43. The molecule has 1 aromatic rings. The number of likely N-dealkylation sites (tertiary alicyclic amines) is 1. The summed E-state index contributed by atoms with van der Waals surface area (Å²) < 4.78 is 44.9. The normalized spacial score (nSPS) is 36.4. The van der Waals surface area contributed by atoms with Gasteiger partial charge in [0, 0.05) is 25.7 Å². The van der Waals surface area contributed by atoms with Crippen molar-refractivity contribution in [1.82, 2.24) is 14.5 Å². The third-order valence-electron chi connectivity index (χ3n) is 10.7. The summed E-state index contributed by atoms with van der Waals surface area (Å²) in [6.07, 6.45) is 4.58. The number of hydrogen-bond donors (Lipinski definition) is 1. The van der Waals surface area contributed by atoms with E-state index < -0.39 is 35.2 Å². The molecular formula is C29H42BN3O7S. The molecule has 3 heterocycles. The number of benzene rings is 1. The van der Waals surface area contributed by atoms with Gasteiger partial charge in [-0.3, -0.25) is 4.79 Å². The number of rotatable bonds is 6. The summed E-state index contributed by atoms with van der Waals surface area (Å²) in [6, 6.07) is 8.81. The van der Waals surface area contributed by atoms with E-state index in [0.717, 1.165) is 37.5 Å². The summed E-state index contributed by atoms with van der Waals surface area (Å²) >= 11 is 0. The first-order valence-corrected chi connectivity index (χ1v) is 16.8. The number of ether oxygens (including phenoxy) is 1. The highest BCUT2D eigenvalue weighted by Crippen LogP contribution is 2.66. The molecule has 6 aliphatic rings. The summed E-state index contributed by atoms with van der Waals surface area (Å²) in [4.78, 5) is 28.8. The monoisotopic (exact) mass is 587 g/mol. The number of alkyl carbamates (subject to hydrolysis) is 1. The standard InChI is InChI=1S/C29H42BN3O7S/c1-28(2)20-15-23(28)29(3)24(16-20)39-30(40-29)25-11-8-13-33(25)26(34)21-17-32(41(4,36)37)14-12-22(21)31-27(35)38-18-19-9-6-5-7-10-19/h5-7,9-10,20-25H,8,11-18H2,1-4H3,(H,31,35)/t20-,21+,22+,23-,24+,25-,29-/m0/s1. The second-order valence-electron chi connectivity index (χ2n) is 13.4. The van der Waals surface area contributed by atoms with Gasteiger partial charge in [-0.25, -0.2) is 17.5 Å². The van der Waals surface area contributed by atoms with Crippen molar-refractivity contribution in [1.29, 1.82) is 0 Å². The predicted molar refractivity (Wildman–Crippen MR) is 153 cm³/mol. The molecule has 0 radical (unpaired) electrons. The maximum absolute atomic E-state index is 14.2. The summed E-state index contributed by atoms with van der Waals surface area (Å²) in [5, 5.41) is 2.87. The van der Waals surface area contributed by atoms with Gasteiger partial charge in [0.05, 0.1) is 29.8 Å². The molecule has 0 aromatic heterocycles. The maximum Gasteiger partial charge on any atom is 0.481 e. The number of carbonyl (C=O) groups excluding carboxylic acids is 2. The number of nitrogens with zero attached hydrogens (tertiary/aromatic N) is 2. The Morgan fingerprint density at radius 2 is 1.88 bits per heavy atom. The maximum atomic E-state index is 14.2. The Hall–Kier alpha value is -2.15. The van der Waals surface area contributed by atoms with Gasteiger partial charge in [-0.05, 0) is 61.8 Å². The van der Waals surface area contributed by atoms with Crippen LogP contribution in [-0.4, -0.2) is 86.3 Å². The van der Waals surface area contributed by atoms with E-state index in [-0.39, 0.29) is 48.7 Å². The zero-order valence-electron chi connectivity index (χ0n) is 24.5. The molecule has 41 heavy (non-hydrogen) atoms. The fourth-order valence-electron chi connectivity index (χ4n) is 8.19. The molecule has 3 aliphatic heterocycles. The summed E-state index contributed by atoms with van der Waals surface area (Å²) in [7, 11) is -4.02. The van der Waals surface area contributed by atoms with Crippen molar-refractivity contribution in [3.05, 3.63) is 35.9 Å². The molecule has 2 amide bonds. The van der Waals surface area contributed by atoms with Crippen LogP contribution in [0.15, 0.2) is 30.3 Å². The molecule has 10 nitrogen and oxygen atoms in total. The zero-order chi connectivity index (χ0) is 29.2. The minimum absolute atomic E-state index is 0.00911. The third-order valence-corrected chi connectivity index (χ3v) is 12.0. The van der Waals surface area contributed by atoms with Crippen LogP contribution >= 0.6 is 0 Å². The number of sulfonamides is 1. The number of hydrogen-bond acceptors (Lipinski definition) is 7. The number of piperidine rings is 1. The van der Waals surface area contributed by atoms with E-state index in [9.17, 15) is 18.0 Å². The Labute approximate surface area is 243 Å². The highest BCUT2D eigenvalue weighted by molar-refractivity contribution is 7.88. The number of nitrogens with one attached hydrogen (secondary N) is 1. The van der Waals surface area contributed by atoms with Gasteiger partial charge in [-0.2, -0.15) is 0 Å². The molecule has 2 bridgehead atoms. The van der Waals surface area contributed by atoms with Gasteiger partial charge < -0.3 is 24.3 Å².